The van der Waals surface area contributed by atoms with Crippen molar-refractivity contribution >= 4 is 20.9 Å². The molecule has 0 radical (unpaired) electrons. The van der Waals surface area contributed by atoms with Crippen LogP contribution >= 0.6 is 0 Å². The fraction of sp³-hybridized carbons (Fsp3) is 0.0833. The molecule has 1 aromatic heterocycles. The number of nitrogens with two attached hydrogens (primary N) is 1. The Kier molecular flexibility index (Phi) is 3.19. The van der Waals surface area contributed by atoms with Crippen LogP contribution in [0.1, 0.15) is 0 Å². The molecular formula is C12H10N2O3S. The van der Waals surface area contributed by atoms with Crippen LogP contribution in [0.4, 0.5) is 0 Å². The molecule has 2 N–H and O–H groups in total. The lowest BCUT2D eigenvalue weighted by Gasteiger charge is -2.09. The number of pyridine rings is 1. The molecule has 2 rings (SSSR count). The number of sulfonamides is 1. The summed E-state index contributed by atoms with van der Waals surface area (Å²) in [5.41, 5.74) is 0.273. The van der Waals surface area contributed by atoms with Crippen molar-refractivity contribution in [3.05, 3.63) is 30.5 Å². The highest BCUT2D eigenvalue weighted by molar-refractivity contribution is 7.89. The topological polar surface area (TPSA) is 82.3 Å². The van der Waals surface area contributed by atoms with Crippen LogP contribution in [0.5, 0.6) is 5.75 Å². The highest BCUT2D eigenvalue weighted by Crippen LogP contribution is 2.28. The summed E-state index contributed by atoms with van der Waals surface area (Å²) in [5.74, 6) is 2.82. The number of benzene rings is 1. The summed E-state index contributed by atoms with van der Waals surface area (Å²) in [5, 5.41) is 5.69. The van der Waals surface area contributed by atoms with Crippen LogP contribution in [-0.4, -0.2) is 20.0 Å². The standard InChI is InChI=1S/C12H10N2O3S/c1-2-8-17-10-5-6-11(18(13,15)16)12-9(10)4-3-7-14-12/h1,3-7H,8H2,(H2,13,15,16). The normalized spacial score (nSPS) is 11.1. The van der Waals surface area contributed by atoms with Crippen LogP contribution in [0.25, 0.3) is 10.9 Å². The second kappa shape index (κ2) is 4.64. The number of fused-ring (bicyclic) bond motifs is 1. The third-order valence-electron chi connectivity index (χ3n) is 2.31. The molecule has 0 bridgehead atoms. The Morgan fingerprint density at radius 1 is 1.39 bits per heavy atom. The van der Waals surface area contributed by atoms with E-state index in [9.17, 15) is 8.42 Å². The molecule has 92 valence electrons. The SMILES string of the molecule is C#CCOc1ccc(S(N)(=O)=O)c2ncccc12. The van der Waals surface area contributed by atoms with Crippen LogP contribution in [-0.2, 0) is 10.0 Å². The fourth-order valence-corrected chi connectivity index (χ4v) is 2.29. The molecule has 0 unspecified atom stereocenters. The van der Waals surface area contributed by atoms with E-state index in [1.54, 1.807) is 12.1 Å². The van der Waals surface area contributed by atoms with E-state index in [2.05, 4.69) is 10.9 Å². The lowest BCUT2D eigenvalue weighted by Crippen LogP contribution is -2.13. The zero-order chi connectivity index (χ0) is 13.2. The number of ether oxygens (including phenoxy) is 1. The summed E-state index contributed by atoms with van der Waals surface area (Å²) in [6, 6.07) is 6.25. The Labute approximate surface area is 105 Å². The van der Waals surface area contributed by atoms with Gasteiger partial charge in [0, 0.05) is 11.6 Å². The smallest absolute Gasteiger partial charge is 0.240 e. The van der Waals surface area contributed by atoms with Gasteiger partial charge in [-0.25, -0.2) is 13.6 Å². The Morgan fingerprint density at radius 3 is 2.83 bits per heavy atom. The average molecular weight is 262 g/mol. The maximum atomic E-state index is 11.4. The van der Waals surface area contributed by atoms with Crippen LogP contribution in [0.3, 0.4) is 0 Å². The lowest BCUT2D eigenvalue weighted by atomic mass is 10.2. The first kappa shape index (κ1) is 12.4. The lowest BCUT2D eigenvalue weighted by molar-refractivity contribution is 0.374. The van der Waals surface area contributed by atoms with Crippen molar-refractivity contribution in [3.8, 4) is 18.1 Å². The molecule has 0 atom stereocenters. The molecule has 0 aliphatic rings. The summed E-state index contributed by atoms with van der Waals surface area (Å²) < 4.78 is 28.2. The summed E-state index contributed by atoms with van der Waals surface area (Å²) >= 11 is 0. The van der Waals surface area contributed by atoms with E-state index in [1.165, 1.54) is 18.3 Å². The maximum Gasteiger partial charge on any atom is 0.240 e. The van der Waals surface area contributed by atoms with Crippen LogP contribution in [0.15, 0.2) is 35.4 Å². The van der Waals surface area contributed by atoms with Crippen molar-refractivity contribution in [2.45, 2.75) is 4.90 Å². The first-order valence-electron chi connectivity index (χ1n) is 5.01. The van der Waals surface area contributed by atoms with Gasteiger partial charge in [0.1, 0.15) is 17.3 Å². The van der Waals surface area contributed by atoms with Gasteiger partial charge in [-0.05, 0) is 24.3 Å². The second-order valence-corrected chi connectivity index (χ2v) is 5.03. The van der Waals surface area contributed by atoms with Gasteiger partial charge in [0.15, 0.2) is 0 Å². The van der Waals surface area contributed by atoms with Gasteiger partial charge in [0.25, 0.3) is 0 Å². The molecule has 2 aromatic rings. The summed E-state index contributed by atoms with van der Waals surface area (Å²) in [7, 11) is -3.83. The molecule has 5 nitrogen and oxygen atoms in total. The van der Waals surface area contributed by atoms with Gasteiger partial charge in [-0.3, -0.25) is 4.98 Å². The minimum Gasteiger partial charge on any atom is -0.480 e. The monoisotopic (exact) mass is 262 g/mol. The van der Waals surface area contributed by atoms with E-state index in [0.717, 1.165) is 0 Å². The fourth-order valence-electron chi connectivity index (χ4n) is 1.60. The molecule has 0 aliphatic heterocycles. The predicted molar refractivity (Wildman–Crippen MR) is 67.4 cm³/mol. The van der Waals surface area contributed by atoms with E-state index in [0.29, 0.717) is 11.1 Å². The van der Waals surface area contributed by atoms with Gasteiger partial charge >= 0.3 is 0 Å². The summed E-state index contributed by atoms with van der Waals surface area (Å²) in [4.78, 5) is 3.99. The van der Waals surface area contributed by atoms with Gasteiger partial charge in [0.05, 0.1) is 5.52 Å². The minimum absolute atomic E-state index is 0.0360. The highest BCUT2D eigenvalue weighted by Gasteiger charge is 2.15. The van der Waals surface area contributed by atoms with Crippen molar-refractivity contribution < 1.29 is 13.2 Å². The van der Waals surface area contributed by atoms with Crippen molar-refractivity contribution in [3.63, 3.8) is 0 Å². The Hall–Kier alpha value is -2.10. The largest absolute Gasteiger partial charge is 0.480 e. The molecule has 0 spiro atoms. The Bertz CT molecular complexity index is 733. The zero-order valence-corrected chi connectivity index (χ0v) is 10.1. The maximum absolute atomic E-state index is 11.4. The van der Waals surface area contributed by atoms with Gasteiger partial charge in [-0.1, -0.05) is 5.92 Å². The van der Waals surface area contributed by atoms with Gasteiger partial charge in [-0.2, -0.15) is 0 Å². The molecule has 0 saturated heterocycles. The number of primary sulfonamides is 1. The molecule has 0 aliphatic carbocycles. The number of hydrogen-bond acceptors (Lipinski definition) is 4. The number of aromatic nitrogens is 1. The third kappa shape index (κ3) is 2.27. The molecule has 1 heterocycles. The highest BCUT2D eigenvalue weighted by atomic mass is 32.2. The predicted octanol–water partition coefficient (Wildman–Crippen LogP) is 0.894. The molecule has 6 heteroatoms. The van der Waals surface area contributed by atoms with E-state index in [1.807, 2.05) is 0 Å². The first-order chi connectivity index (χ1) is 8.54. The minimum atomic E-state index is -3.83. The van der Waals surface area contributed by atoms with Gasteiger partial charge in [-0.15, -0.1) is 6.42 Å². The van der Waals surface area contributed by atoms with Crippen molar-refractivity contribution in [1.29, 1.82) is 0 Å². The van der Waals surface area contributed by atoms with E-state index < -0.39 is 10.0 Å². The van der Waals surface area contributed by atoms with Gasteiger partial charge < -0.3 is 4.74 Å². The molecule has 1 aromatic carbocycles. The molecular weight excluding hydrogens is 252 g/mol. The van der Waals surface area contributed by atoms with Crippen molar-refractivity contribution in [2.75, 3.05) is 6.61 Å². The summed E-state index contributed by atoms with van der Waals surface area (Å²) in [6.45, 7) is 0.0959. The number of terminal acetylenes is 1. The van der Waals surface area contributed by atoms with E-state index in [-0.39, 0.29) is 17.0 Å². The second-order valence-electron chi connectivity index (χ2n) is 3.50. The van der Waals surface area contributed by atoms with Gasteiger partial charge in [0.2, 0.25) is 10.0 Å². The number of nitrogens with zero attached hydrogens (tertiary/aromatic N) is 1. The van der Waals surface area contributed by atoms with Crippen molar-refractivity contribution in [2.24, 2.45) is 5.14 Å². The van der Waals surface area contributed by atoms with Crippen LogP contribution in [0.2, 0.25) is 0 Å². The average Bonchev–Trinajstić information content (AvgIpc) is 2.34. The molecule has 18 heavy (non-hydrogen) atoms. The molecule has 0 fully saturated rings. The van der Waals surface area contributed by atoms with E-state index >= 15 is 0 Å². The van der Waals surface area contributed by atoms with Crippen LogP contribution in [0, 0.1) is 12.3 Å². The Balaban J connectivity index is 2.71. The quantitative estimate of drug-likeness (QED) is 0.833. The van der Waals surface area contributed by atoms with E-state index in [4.69, 9.17) is 16.3 Å². The number of hydrogen-bond donors (Lipinski definition) is 1. The van der Waals surface area contributed by atoms with Crippen molar-refractivity contribution in [1.82, 2.24) is 4.98 Å². The Morgan fingerprint density at radius 2 is 2.17 bits per heavy atom. The number of rotatable bonds is 3. The van der Waals surface area contributed by atoms with Crippen LogP contribution < -0.4 is 9.88 Å². The summed E-state index contributed by atoms with van der Waals surface area (Å²) in [6.07, 6.45) is 6.60. The first-order valence-corrected chi connectivity index (χ1v) is 6.55. The molecule has 0 saturated carbocycles. The molecule has 0 amide bonds. The zero-order valence-electron chi connectivity index (χ0n) is 9.33. The third-order valence-corrected chi connectivity index (χ3v) is 3.25.